The van der Waals surface area contributed by atoms with E-state index in [1.165, 1.54) is 50.3 Å². The molecule has 1 aromatic rings. The van der Waals surface area contributed by atoms with Crippen LogP contribution in [0.3, 0.4) is 0 Å². The van der Waals surface area contributed by atoms with Crippen LogP contribution in [0, 0.1) is 0 Å². The van der Waals surface area contributed by atoms with Crippen molar-refractivity contribution in [1.82, 2.24) is 0 Å². The summed E-state index contributed by atoms with van der Waals surface area (Å²) in [5.41, 5.74) is 0. The van der Waals surface area contributed by atoms with E-state index in [-0.39, 0.29) is 11.5 Å². The number of phenolic OH excluding ortho intramolecular Hbond substituents is 2. The third-order valence-corrected chi connectivity index (χ3v) is 2.82. The third-order valence-electron chi connectivity index (χ3n) is 2.82. The van der Waals surface area contributed by atoms with Gasteiger partial charge in [-0.3, -0.25) is 4.79 Å². The Bertz CT molecular complexity index is 346. The summed E-state index contributed by atoms with van der Waals surface area (Å²) in [5.74, 6) is -0.487. The number of unbranched alkanes of at least 4 members (excludes halogenated alkanes) is 6. The van der Waals surface area contributed by atoms with Gasteiger partial charge in [0.05, 0.1) is 0 Å². The van der Waals surface area contributed by atoms with Crippen molar-refractivity contribution in [1.29, 1.82) is 0 Å². The first kappa shape index (κ1) is 18.3. The molecular weight excluding hydrogens is 256 g/mol. The van der Waals surface area contributed by atoms with Gasteiger partial charge in [0.15, 0.2) is 0 Å². The smallest absolute Gasteiger partial charge is 0.303 e. The molecule has 0 saturated heterocycles. The van der Waals surface area contributed by atoms with Crippen LogP contribution in [-0.2, 0) is 4.79 Å². The van der Waals surface area contributed by atoms with E-state index in [2.05, 4.69) is 6.92 Å². The van der Waals surface area contributed by atoms with Crippen LogP contribution >= 0.6 is 0 Å². The second-order valence-corrected chi connectivity index (χ2v) is 4.78. The van der Waals surface area contributed by atoms with E-state index in [9.17, 15) is 4.79 Å². The fourth-order valence-corrected chi connectivity index (χ4v) is 1.73. The lowest BCUT2D eigenvalue weighted by molar-refractivity contribution is -0.137. The van der Waals surface area contributed by atoms with Gasteiger partial charge in [-0.15, -0.1) is 0 Å². The summed E-state index contributed by atoms with van der Waals surface area (Å²) in [6.45, 7) is 2.20. The highest BCUT2D eigenvalue weighted by atomic mass is 16.4. The first-order valence-electron chi connectivity index (χ1n) is 7.26. The van der Waals surface area contributed by atoms with Gasteiger partial charge in [-0.1, -0.05) is 51.5 Å². The van der Waals surface area contributed by atoms with E-state index in [4.69, 9.17) is 15.3 Å². The minimum Gasteiger partial charge on any atom is -0.508 e. The molecular formula is C16H26O4. The summed E-state index contributed by atoms with van der Waals surface area (Å²) in [5, 5.41) is 25.7. The average Bonchev–Trinajstić information content (AvgIpc) is 2.38. The van der Waals surface area contributed by atoms with Gasteiger partial charge >= 0.3 is 5.97 Å². The summed E-state index contributed by atoms with van der Waals surface area (Å²) >= 11 is 0. The molecule has 0 atom stereocenters. The van der Waals surface area contributed by atoms with Crippen molar-refractivity contribution >= 4 is 5.97 Å². The van der Waals surface area contributed by atoms with Crippen molar-refractivity contribution in [3.63, 3.8) is 0 Å². The molecule has 0 unspecified atom stereocenters. The van der Waals surface area contributed by atoms with Crippen molar-refractivity contribution in [2.45, 2.75) is 58.3 Å². The Kier molecular flexibility index (Phi) is 11.3. The lowest BCUT2D eigenvalue weighted by atomic mass is 10.1. The number of hydrogen-bond donors (Lipinski definition) is 3. The molecule has 0 saturated carbocycles. The summed E-state index contributed by atoms with van der Waals surface area (Å²) in [6, 6.07) is 5.85. The molecule has 20 heavy (non-hydrogen) atoms. The summed E-state index contributed by atoms with van der Waals surface area (Å²) in [4.78, 5) is 10.1. The molecule has 0 spiro atoms. The van der Waals surface area contributed by atoms with Crippen LogP contribution in [0.25, 0.3) is 0 Å². The summed E-state index contributed by atoms with van der Waals surface area (Å²) in [6.07, 6.45) is 8.64. The molecule has 3 N–H and O–H groups in total. The van der Waals surface area contributed by atoms with Crippen molar-refractivity contribution in [2.24, 2.45) is 0 Å². The Morgan fingerprint density at radius 3 is 1.85 bits per heavy atom. The fourth-order valence-electron chi connectivity index (χ4n) is 1.73. The molecule has 0 amide bonds. The minimum atomic E-state index is -0.663. The molecule has 0 aromatic heterocycles. The Labute approximate surface area is 121 Å². The van der Waals surface area contributed by atoms with Gasteiger partial charge < -0.3 is 15.3 Å². The van der Waals surface area contributed by atoms with Gasteiger partial charge in [0.1, 0.15) is 11.5 Å². The average molecular weight is 282 g/mol. The van der Waals surface area contributed by atoms with Crippen molar-refractivity contribution in [3.05, 3.63) is 24.3 Å². The number of aromatic hydroxyl groups is 2. The molecule has 0 radical (unpaired) electrons. The summed E-state index contributed by atoms with van der Waals surface area (Å²) < 4.78 is 0. The lowest BCUT2D eigenvalue weighted by Crippen LogP contribution is -1.93. The van der Waals surface area contributed by atoms with E-state index in [0.29, 0.717) is 6.42 Å². The highest BCUT2D eigenvalue weighted by molar-refractivity contribution is 5.66. The Hall–Kier alpha value is -1.71. The van der Waals surface area contributed by atoms with Crippen LogP contribution < -0.4 is 0 Å². The molecule has 4 heteroatoms. The number of rotatable bonds is 8. The molecule has 0 aliphatic heterocycles. The van der Waals surface area contributed by atoms with Crippen LogP contribution in [-0.4, -0.2) is 21.3 Å². The van der Waals surface area contributed by atoms with E-state index < -0.39 is 5.97 Å². The van der Waals surface area contributed by atoms with E-state index in [1.807, 2.05) is 0 Å². The number of hydrogen-bond acceptors (Lipinski definition) is 3. The predicted molar refractivity (Wildman–Crippen MR) is 80.0 cm³/mol. The van der Waals surface area contributed by atoms with E-state index >= 15 is 0 Å². The Balaban J connectivity index is 0.000000388. The normalized spacial score (nSPS) is 9.65. The number of carboxylic acids is 1. The number of carbonyl (C=O) groups is 1. The van der Waals surface area contributed by atoms with Crippen LogP contribution in [0.5, 0.6) is 11.5 Å². The van der Waals surface area contributed by atoms with Gasteiger partial charge in [-0.2, -0.15) is 0 Å². The summed E-state index contributed by atoms with van der Waals surface area (Å²) in [7, 11) is 0. The zero-order chi connectivity index (χ0) is 15.2. The highest BCUT2D eigenvalue weighted by Crippen LogP contribution is 2.14. The molecule has 0 aliphatic carbocycles. The fraction of sp³-hybridized carbons (Fsp3) is 0.562. The monoisotopic (exact) mass is 282 g/mol. The van der Waals surface area contributed by atoms with Gasteiger partial charge in [0, 0.05) is 12.5 Å². The molecule has 4 nitrogen and oxygen atoms in total. The van der Waals surface area contributed by atoms with Gasteiger partial charge in [-0.25, -0.2) is 0 Å². The number of aliphatic carboxylic acids is 1. The van der Waals surface area contributed by atoms with Crippen LogP contribution in [0.15, 0.2) is 24.3 Å². The number of phenols is 2. The molecule has 0 heterocycles. The SMILES string of the molecule is CCCCCCCCCC(=O)O.Oc1cccc(O)c1. The molecule has 1 rings (SSSR count). The van der Waals surface area contributed by atoms with Crippen molar-refractivity contribution in [3.8, 4) is 11.5 Å². The Morgan fingerprint density at radius 2 is 1.45 bits per heavy atom. The van der Waals surface area contributed by atoms with Gasteiger partial charge in [0.25, 0.3) is 0 Å². The third kappa shape index (κ3) is 12.7. The van der Waals surface area contributed by atoms with Gasteiger partial charge in [-0.05, 0) is 18.6 Å². The first-order valence-corrected chi connectivity index (χ1v) is 7.26. The molecule has 0 aliphatic rings. The van der Waals surface area contributed by atoms with Gasteiger partial charge in [0.2, 0.25) is 0 Å². The molecule has 0 fully saturated rings. The van der Waals surface area contributed by atoms with Crippen LogP contribution in [0.2, 0.25) is 0 Å². The first-order chi connectivity index (χ1) is 9.56. The largest absolute Gasteiger partial charge is 0.508 e. The van der Waals surface area contributed by atoms with Crippen LogP contribution in [0.4, 0.5) is 0 Å². The molecule has 0 bridgehead atoms. The van der Waals surface area contributed by atoms with Crippen molar-refractivity contribution in [2.75, 3.05) is 0 Å². The predicted octanol–water partition coefficient (Wildman–Crippen LogP) is 4.31. The molecule has 1 aromatic carbocycles. The maximum absolute atomic E-state index is 10.1. The number of carboxylic acid groups (broad SMARTS) is 1. The standard InChI is InChI=1S/C10H20O2.C6H6O2/c1-2-3-4-5-6-7-8-9-10(11)12;7-5-2-1-3-6(8)4-5/h2-9H2,1H3,(H,11,12);1-4,7-8H. The van der Waals surface area contributed by atoms with E-state index in [0.717, 1.165) is 12.8 Å². The molecule has 114 valence electrons. The minimum absolute atomic E-state index is 0.0880. The van der Waals surface area contributed by atoms with E-state index in [1.54, 1.807) is 6.07 Å². The highest BCUT2D eigenvalue weighted by Gasteiger charge is 1.95. The van der Waals surface area contributed by atoms with Crippen molar-refractivity contribution < 1.29 is 20.1 Å². The van der Waals surface area contributed by atoms with Crippen LogP contribution in [0.1, 0.15) is 58.3 Å². The second kappa shape index (κ2) is 12.3. The zero-order valence-electron chi connectivity index (χ0n) is 12.2. The topological polar surface area (TPSA) is 77.8 Å². The lowest BCUT2D eigenvalue weighted by Gasteiger charge is -1.98. The maximum atomic E-state index is 10.1. The Morgan fingerprint density at radius 1 is 0.950 bits per heavy atom. The maximum Gasteiger partial charge on any atom is 0.303 e. The second-order valence-electron chi connectivity index (χ2n) is 4.78. The number of benzene rings is 1. The quantitative estimate of drug-likeness (QED) is 0.621. The zero-order valence-corrected chi connectivity index (χ0v) is 12.2.